The highest BCUT2D eigenvalue weighted by molar-refractivity contribution is 6.31. The second kappa shape index (κ2) is 5.05. The molecular formula is C12H14ClF3N2O2. The zero-order valence-electron chi connectivity index (χ0n) is 10.7. The average molecular weight is 311 g/mol. The largest absolute Gasteiger partial charge is 0.490 e. The quantitative estimate of drug-likeness (QED) is 0.823. The van der Waals surface area contributed by atoms with E-state index in [0.29, 0.717) is 18.6 Å². The molecule has 1 aromatic rings. The first-order valence-corrected chi connectivity index (χ1v) is 6.41. The maximum Gasteiger partial charge on any atom is 0.424 e. The normalized spacial score (nSPS) is 21.9. The third kappa shape index (κ3) is 2.34. The highest BCUT2D eigenvalue weighted by atomic mass is 35.5. The molecule has 2 unspecified atom stereocenters. The minimum absolute atomic E-state index is 0.0340. The Bertz CT molecular complexity index is 524. The van der Waals surface area contributed by atoms with Gasteiger partial charge in [-0.25, -0.2) is 4.98 Å². The summed E-state index contributed by atoms with van der Waals surface area (Å²) in [5.74, 6) is 0.240. The molecule has 0 bridgehead atoms. The second-order valence-electron chi connectivity index (χ2n) is 4.82. The Morgan fingerprint density at radius 3 is 2.75 bits per heavy atom. The van der Waals surface area contributed by atoms with Crippen LogP contribution in [-0.4, -0.2) is 29.4 Å². The molecule has 0 saturated heterocycles. The first-order chi connectivity index (χ1) is 9.20. The monoisotopic (exact) mass is 310 g/mol. The summed E-state index contributed by atoms with van der Waals surface area (Å²) in [5.41, 5.74) is 1.78. The number of nitrogens with two attached hydrogens (primary N) is 1. The van der Waals surface area contributed by atoms with E-state index in [1.807, 2.05) is 6.92 Å². The average Bonchev–Trinajstić information content (AvgIpc) is 2.37. The number of hydrogen-bond donors (Lipinski definition) is 2. The standard InChI is InChI=1S/C12H14ClF3N2O2/c1-6-2-3-20-9-7(6)4-8(18-10(9)13)11(19,5-17)12(14,15)16/h4,6,19H,2-3,5,17H2,1H3. The van der Waals surface area contributed by atoms with Crippen LogP contribution in [-0.2, 0) is 5.60 Å². The molecule has 1 aliphatic rings. The fourth-order valence-corrected chi connectivity index (χ4v) is 2.36. The van der Waals surface area contributed by atoms with Gasteiger partial charge in [0.1, 0.15) is 0 Å². The van der Waals surface area contributed by atoms with Gasteiger partial charge in [-0.15, -0.1) is 0 Å². The molecule has 0 aromatic carbocycles. The van der Waals surface area contributed by atoms with Crippen LogP contribution in [0.1, 0.15) is 30.5 Å². The summed E-state index contributed by atoms with van der Waals surface area (Å²) < 4.78 is 44.3. The van der Waals surface area contributed by atoms with Gasteiger partial charge in [-0.1, -0.05) is 18.5 Å². The van der Waals surface area contributed by atoms with Gasteiger partial charge in [-0.3, -0.25) is 0 Å². The number of fused-ring (bicyclic) bond motifs is 1. The number of nitrogens with zero attached hydrogens (tertiary/aromatic N) is 1. The van der Waals surface area contributed by atoms with Crippen LogP contribution in [0, 0.1) is 0 Å². The van der Waals surface area contributed by atoms with Crippen LogP contribution >= 0.6 is 11.6 Å². The third-order valence-corrected chi connectivity index (χ3v) is 3.73. The van der Waals surface area contributed by atoms with Crippen molar-refractivity contribution >= 4 is 11.6 Å². The first kappa shape index (κ1) is 15.3. The molecule has 20 heavy (non-hydrogen) atoms. The minimum atomic E-state index is -4.94. The van der Waals surface area contributed by atoms with Crippen LogP contribution in [0.2, 0.25) is 5.15 Å². The van der Waals surface area contributed by atoms with E-state index in [-0.39, 0.29) is 16.8 Å². The van der Waals surface area contributed by atoms with Gasteiger partial charge >= 0.3 is 6.18 Å². The van der Waals surface area contributed by atoms with Gasteiger partial charge in [0.15, 0.2) is 10.9 Å². The van der Waals surface area contributed by atoms with E-state index in [9.17, 15) is 18.3 Å². The Hall–Kier alpha value is -1.05. The number of hydrogen-bond acceptors (Lipinski definition) is 4. The predicted molar refractivity (Wildman–Crippen MR) is 66.8 cm³/mol. The number of rotatable bonds is 2. The van der Waals surface area contributed by atoms with E-state index in [0.717, 1.165) is 0 Å². The van der Waals surface area contributed by atoms with Crippen LogP contribution in [0.25, 0.3) is 0 Å². The van der Waals surface area contributed by atoms with Crippen LogP contribution in [0.4, 0.5) is 13.2 Å². The molecule has 0 amide bonds. The highest BCUT2D eigenvalue weighted by Crippen LogP contribution is 2.43. The molecule has 2 atom stereocenters. The van der Waals surface area contributed by atoms with Crippen molar-refractivity contribution in [2.24, 2.45) is 5.73 Å². The Balaban J connectivity index is 2.59. The molecule has 1 aromatic heterocycles. The summed E-state index contributed by atoms with van der Waals surface area (Å²) in [6, 6.07) is 1.17. The van der Waals surface area contributed by atoms with Crippen molar-refractivity contribution in [1.29, 1.82) is 0 Å². The van der Waals surface area contributed by atoms with Gasteiger partial charge in [0.25, 0.3) is 0 Å². The van der Waals surface area contributed by atoms with Crippen molar-refractivity contribution < 1.29 is 23.0 Å². The molecule has 112 valence electrons. The zero-order chi connectivity index (χ0) is 15.1. The van der Waals surface area contributed by atoms with Gasteiger partial charge in [-0.2, -0.15) is 13.2 Å². The summed E-state index contributed by atoms with van der Waals surface area (Å²) in [7, 11) is 0. The number of aliphatic hydroxyl groups is 1. The Morgan fingerprint density at radius 2 is 2.20 bits per heavy atom. The topological polar surface area (TPSA) is 68.4 Å². The molecule has 0 spiro atoms. The summed E-state index contributed by atoms with van der Waals surface area (Å²) in [5, 5.41) is 9.63. The minimum Gasteiger partial charge on any atom is -0.490 e. The van der Waals surface area contributed by atoms with Gasteiger partial charge < -0.3 is 15.6 Å². The molecule has 1 aliphatic heterocycles. The number of pyridine rings is 1. The lowest BCUT2D eigenvalue weighted by molar-refractivity contribution is -0.263. The van der Waals surface area contributed by atoms with Crippen LogP contribution in [0.3, 0.4) is 0 Å². The first-order valence-electron chi connectivity index (χ1n) is 6.03. The molecule has 0 aliphatic carbocycles. The molecule has 8 heteroatoms. The summed E-state index contributed by atoms with van der Waals surface area (Å²) >= 11 is 5.87. The summed E-state index contributed by atoms with van der Waals surface area (Å²) in [6.07, 6.45) is -4.29. The van der Waals surface area contributed by atoms with Crippen molar-refractivity contribution in [3.63, 3.8) is 0 Å². The third-order valence-electron chi connectivity index (χ3n) is 3.48. The molecular weight excluding hydrogens is 297 g/mol. The van der Waals surface area contributed by atoms with Crippen molar-refractivity contribution in [3.8, 4) is 5.75 Å². The fraction of sp³-hybridized carbons (Fsp3) is 0.583. The SMILES string of the molecule is CC1CCOc2c1cc(C(O)(CN)C(F)(F)F)nc2Cl. The fourth-order valence-electron chi connectivity index (χ4n) is 2.10. The van der Waals surface area contributed by atoms with Crippen LogP contribution in [0.15, 0.2) is 6.07 Å². The molecule has 2 rings (SSSR count). The molecule has 4 nitrogen and oxygen atoms in total. The number of aromatic nitrogens is 1. The summed E-state index contributed by atoms with van der Waals surface area (Å²) in [4.78, 5) is 3.62. The van der Waals surface area contributed by atoms with Crippen LogP contribution < -0.4 is 10.5 Å². The molecule has 0 fully saturated rings. The molecule has 0 saturated carbocycles. The number of alkyl halides is 3. The number of halogens is 4. The zero-order valence-corrected chi connectivity index (χ0v) is 11.4. The van der Waals surface area contributed by atoms with Crippen LogP contribution in [0.5, 0.6) is 5.75 Å². The van der Waals surface area contributed by atoms with Gasteiger partial charge in [0.2, 0.25) is 5.60 Å². The van der Waals surface area contributed by atoms with Crippen molar-refractivity contribution in [2.75, 3.05) is 13.2 Å². The molecule has 3 N–H and O–H groups in total. The summed E-state index contributed by atoms with van der Waals surface area (Å²) in [6.45, 7) is 1.24. The van der Waals surface area contributed by atoms with Gasteiger partial charge in [0.05, 0.1) is 12.3 Å². The lowest BCUT2D eigenvalue weighted by atomic mass is 9.91. The van der Waals surface area contributed by atoms with Crippen molar-refractivity contribution in [2.45, 2.75) is 31.0 Å². The van der Waals surface area contributed by atoms with E-state index in [1.165, 1.54) is 6.07 Å². The molecule has 2 heterocycles. The van der Waals surface area contributed by atoms with E-state index in [2.05, 4.69) is 4.98 Å². The van der Waals surface area contributed by atoms with Gasteiger partial charge in [-0.05, 0) is 18.4 Å². The smallest absolute Gasteiger partial charge is 0.424 e. The molecule has 0 radical (unpaired) electrons. The van der Waals surface area contributed by atoms with Gasteiger partial charge in [0, 0.05) is 12.1 Å². The van der Waals surface area contributed by atoms with Crippen molar-refractivity contribution in [3.05, 3.63) is 22.5 Å². The Labute approximate surface area is 118 Å². The van der Waals surface area contributed by atoms with Crippen molar-refractivity contribution in [1.82, 2.24) is 4.98 Å². The Kier molecular flexibility index (Phi) is 3.88. The maximum atomic E-state index is 13.0. The van der Waals surface area contributed by atoms with E-state index < -0.39 is 24.0 Å². The number of ether oxygens (including phenoxy) is 1. The lowest BCUT2D eigenvalue weighted by Crippen LogP contribution is -2.49. The van der Waals surface area contributed by atoms with E-state index in [4.69, 9.17) is 22.1 Å². The van der Waals surface area contributed by atoms with E-state index >= 15 is 0 Å². The second-order valence-corrected chi connectivity index (χ2v) is 5.18. The highest BCUT2D eigenvalue weighted by Gasteiger charge is 2.55. The maximum absolute atomic E-state index is 13.0. The lowest BCUT2D eigenvalue weighted by Gasteiger charge is -2.31. The predicted octanol–water partition coefficient (Wildman–Crippen LogP) is 2.33. The Morgan fingerprint density at radius 1 is 1.55 bits per heavy atom. The van der Waals surface area contributed by atoms with E-state index in [1.54, 1.807) is 0 Å².